The van der Waals surface area contributed by atoms with E-state index in [0.717, 1.165) is 34.7 Å². The Balaban J connectivity index is 1.17. The van der Waals surface area contributed by atoms with Gasteiger partial charge in [0.2, 0.25) is 0 Å². The van der Waals surface area contributed by atoms with Crippen molar-refractivity contribution >= 4 is 40.2 Å². The van der Waals surface area contributed by atoms with Crippen molar-refractivity contribution in [1.29, 1.82) is 0 Å². The first-order valence-electron chi connectivity index (χ1n) is 17.5. The van der Waals surface area contributed by atoms with Crippen LogP contribution in [0.2, 0.25) is 0 Å². The number of nitrogens with one attached hydrogen (secondary N) is 1. The molecule has 6 aromatic carbocycles. The summed E-state index contributed by atoms with van der Waals surface area (Å²) in [6.45, 7) is 0. The zero-order chi connectivity index (χ0) is 34.2. The fourth-order valence-electron chi connectivity index (χ4n) is 7.01. The molecule has 1 N–H and O–H groups in total. The van der Waals surface area contributed by atoms with Gasteiger partial charge in [-0.25, -0.2) is 0 Å². The lowest BCUT2D eigenvalue weighted by Crippen LogP contribution is -2.14. The second-order valence-electron chi connectivity index (χ2n) is 12.7. The molecule has 0 radical (unpaired) electrons. The number of hydrogen-bond donors (Lipinski definition) is 1. The Bertz CT molecular complexity index is 2210. The molecule has 1 heterocycles. The molecule has 6 aromatic rings. The third kappa shape index (κ3) is 6.96. The van der Waals surface area contributed by atoms with Crippen molar-refractivity contribution < 1.29 is 0 Å². The van der Waals surface area contributed by atoms with Crippen LogP contribution < -0.4 is 15.1 Å². The lowest BCUT2D eigenvalue weighted by Gasteiger charge is -2.26. The van der Waals surface area contributed by atoms with Crippen molar-refractivity contribution in [2.24, 2.45) is 0 Å². The average Bonchev–Trinajstić information content (AvgIpc) is 3.53. The highest BCUT2D eigenvalue weighted by atomic mass is 15.2. The predicted molar refractivity (Wildman–Crippen MR) is 217 cm³/mol. The lowest BCUT2D eigenvalue weighted by molar-refractivity contribution is 0.820. The molecule has 1 aliphatic heterocycles. The highest BCUT2D eigenvalue weighted by molar-refractivity contribution is 5.86. The van der Waals surface area contributed by atoms with Crippen molar-refractivity contribution in [3.8, 4) is 11.1 Å². The van der Waals surface area contributed by atoms with Crippen molar-refractivity contribution in [3.63, 3.8) is 0 Å². The van der Waals surface area contributed by atoms with E-state index in [0.29, 0.717) is 5.92 Å². The summed E-state index contributed by atoms with van der Waals surface area (Å²) in [6, 6.07) is 56.0. The van der Waals surface area contributed by atoms with E-state index < -0.39 is 0 Å². The molecule has 8 rings (SSSR count). The van der Waals surface area contributed by atoms with Gasteiger partial charge >= 0.3 is 0 Å². The maximum Gasteiger partial charge on any atom is 0.0497 e. The fraction of sp³-hybridized carbons (Fsp3) is 0.0417. The number of nitrogens with zero attached hydrogens (tertiary/aromatic N) is 2. The minimum absolute atomic E-state index is 0.321. The van der Waals surface area contributed by atoms with Crippen LogP contribution >= 0.6 is 0 Å². The van der Waals surface area contributed by atoms with Gasteiger partial charge in [-0.1, -0.05) is 127 Å². The van der Waals surface area contributed by atoms with Crippen LogP contribution in [0.1, 0.15) is 23.5 Å². The van der Waals surface area contributed by atoms with E-state index in [1.54, 1.807) is 0 Å². The van der Waals surface area contributed by atoms with Gasteiger partial charge < -0.3 is 15.1 Å². The predicted octanol–water partition coefficient (Wildman–Crippen LogP) is 13.1. The molecule has 1 atom stereocenters. The molecule has 3 nitrogen and oxygen atoms in total. The number of para-hydroxylation sites is 3. The normalized spacial score (nSPS) is 14.9. The summed E-state index contributed by atoms with van der Waals surface area (Å²) < 4.78 is 0. The quantitative estimate of drug-likeness (QED) is 0.148. The first-order chi connectivity index (χ1) is 25.3. The number of fused-ring (bicyclic) bond motifs is 3. The Morgan fingerprint density at radius 2 is 1.25 bits per heavy atom. The van der Waals surface area contributed by atoms with Gasteiger partial charge in [0.1, 0.15) is 0 Å². The van der Waals surface area contributed by atoms with Gasteiger partial charge in [0.25, 0.3) is 0 Å². The van der Waals surface area contributed by atoms with Crippen LogP contribution in [0.5, 0.6) is 0 Å². The topological polar surface area (TPSA) is 18.5 Å². The second kappa shape index (κ2) is 14.9. The van der Waals surface area contributed by atoms with Crippen LogP contribution in [0, 0.1) is 0 Å². The first-order valence-corrected chi connectivity index (χ1v) is 17.5. The molecule has 3 heteroatoms. The van der Waals surface area contributed by atoms with E-state index in [9.17, 15) is 0 Å². The van der Waals surface area contributed by atoms with Crippen molar-refractivity contribution in [3.05, 3.63) is 223 Å². The van der Waals surface area contributed by atoms with Gasteiger partial charge in [0, 0.05) is 51.9 Å². The second-order valence-corrected chi connectivity index (χ2v) is 12.7. The Kier molecular flexibility index (Phi) is 9.25. The molecule has 0 spiro atoms. The molecule has 51 heavy (non-hydrogen) atoms. The summed E-state index contributed by atoms with van der Waals surface area (Å²) in [5, 5.41) is 3.58. The zero-order valence-electron chi connectivity index (χ0n) is 28.4. The molecule has 0 fully saturated rings. The maximum atomic E-state index is 3.58. The molecular formula is C48H39N3. The summed E-state index contributed by atoms with van der Waals surface area (Å²) >= 11 is 0. The molecule has 0 amide bonds. The van der Waals surface area contributed by atoms with Crippen LogP contribution in [-0.4, -0.2) is 0 Å². The molecule has 0 saturated carbocycles. The fourth-order valence-corrected chi connectivity index (χ4v) is 7.01. The summed E-state index contributed by atoms with van der Waals surface area (Å²) in [6.07, 6.45) is 20.0. The number of hydrogen-bond acceptors (Lipinski definition) is 3. The number of benzene rings is 6. The Labute approximate surface area is 301 Å². The van der Waals surface area contributed by atoms with Crippen LogP contribution in [0.4, 0.5) is 34.1 Å². The standard InChI is InChI=1S/C48H39N3/c1(7-19-37-20-8-3-9-21-37)2-18-32-49-40-33-39(34-44(36-40)50(41-22-10-4-11-23-41)42-24-12-5-13-25-42)38-30-31-48-46(35-38)45-28-16-17-29-47(45)51(48)43-26-14-6-15-27-43/h1-27,29-36,45,49H,28H2/b2-1-,19-7-,32-18+. The largest absolute Gasteiger partial charge is 0.362 e. The highest BCUT2D eigenvalue weighted by Gasteiger charge is 2.35. The van der Waals surface area contributed by atoms with Gasteiger partial charge in [0.15, 0.2) is 0 Å². The zero-order valence-corrected chi connectivity index (χ0v) is 28.4. The number of anilines is 6. The summed E-state index contributed by atoms with van der Waals surface area (Å²) in [5.74, 6) is 0.321. The van der Waals surface area contributed by atoms with Crippen LogP contribution in [0.15, 0.2) is 212 Å². The van der Waals surface area contributed by atoms with Crippen molar-refractivity contribution in [2.45, 2.75) is 12.3 Å². The third-order valence-corrected chi connectivity index (χ3v) is 9.35. The van der Waals surface area contributed by atoms with E-state index in [4.69, 9.17) is 0 Å². The molecule has 0 bridgehead atoms. The van der Waals surface area contributed by atoms with E-state index in [1.165, 1.54) is 33.8 Å². The van der Waals surface area contributed by atoms with E-state index in [1.807, 2.05) is 30.5 Å². The SMILES string of the molecule is C1=CCC2C(=C1)N(c1ccccc1)c1ccc(-c3cc(N/C=C/C=C\C=C/c4ccccc4)cc(N(c4ccccc4)c4ccccc4)c3)cc12. The third-order valence-electron chi connectivity index (χ3n) is 9.35. The Morgan fingerprint density at radius 1 is 0.588 bits per heavy atom. The van der Waals surface area contributed by atoms with Gasteiger partial charge in [-0.3, -0.25) is 0 Å². The average molecular weight is 658 g/mol. The summed E-state index contributed by atoms with van der Waals surface area (Å²) in [7, 11) is 0. The van der Waals surface area contributed by atoms with Crippen molar-refractivity contribution in [1.82, 2.24) is 0 Å². The first kappa shape index (κ1) is 31.7. The summed E-state index contributed by atoms with van der Waals surface area (Å²) in [5.41, 5.74) is 13.0. The Morgan fingerprint density at radius 3 is 1.98 bits per heavy atom. The maximum absolute atomic E-state index is 3.58. The lowest BCUT2D eigenvalue weighted by atomic mass is 9.90. The van der Waals surface area contributed by atoms with Crippen molar-refractivity contribution in [2.75, 3.05) is 15.1 Å². The number of rotatable bonds is 10. The molecule has 0 saturated heterocycles. The van der Waals surface area contributed by atoms with Gasteiger partial charge in [-0.15, -0.1) is 0 Å². The molecule has 2 aliphatic rings. The minimum atomic E-state index is 0.321. The van der Waals surface area contributed by atoms with E-state index in [-0.39, 0.29) is 0 Å². The van der Waals surface area contributed by atoms with Gasteiger partial charge in [-0.2, -0.15) is 0 Å². The molecule has 1 aliphatic carbocycles. The van der Waals surface area contributed by atoms with Gasteiger partial charge in [-0.05, 0) is 108 Å². The monoisotopic (exact) mass is 657 g/mol. The molecule has 246 valence electrons. The van der Waals surface area contributed by atoms with E-state index >= 15 is 0 Å². The van der Waals surface area contributed by atoms with Crippen LogP contribution in [-0.2, 0) is 0 Å². The highest BCUT2D eigenvalue weighted by Crippen LogP contribution is 2.51. The smallest absolute Gasteiger partial charge is 0.0497 e. The molecular weight excluding hydrogens is 619 g/mol. The Hall–Kier alpha value is -6.58. The molecule has 1 unspecified atom stereocenters. The van der Waals surface area contributed by atoms with Crippen LogP contribution in [0.25, 0.3) is 17.2 Å². The van der Waals surface area contributed by atoms with Gasteiger partial charge in [0.05, 0.1) is 0 Å². The minimum Gasteiger partial charge on any atom is -0.362 e. The van der Waals surface area contributed by atoms with E-state index in [2.05, 4.69) is 197 Å². The summed E-state index contributed by atoms with van der Waals surface area (Å²) in [4.78, 5) is 4.75. The van der Waals surface area contributed by atoms with Crippen LogP contribution in [0.3, 0.4) is 0 Å². The molecule has 0 aromatic heterocycles. The number of allylic oxidation sites excluding steroid dienone is 8.